The van der Waals surface area contributed by atoms with Crippen molar-refractivity contribution in [1.29, 1.82) is 0 Å². The quantitative estimate of drug-likeness (QED) is 0.701. The van der Waals surface area contributed by atoms with Gasteiger partial charge in [0, 0.05) is 12.1 Å². The lowest BCUT2D eigenvalue weighted by molar-refractivity contribution is 0.444. The fourth-order valence-electron chi connectivity index (χ4n) is 3.34. The van der Waals surface area contributed by atoms with Crippen LogP contribution in [0.15, 0.2) is 12.1 Å². The van der Waals surface area contributed by atoms with E-state index in [9.17, 15) is 0 Å². The molecule has 0 spiro atoms. The predicted octanol–water partition coefficient (Wildman–Crippen LogP) is 3.16. The van der Waals surface area contributed by atoms with Gasteiger partial charge in [0.05, 0.1) is 0 Å². The van der Waals surface area contributed by atoms with Crippen molar-refractivity contribution in [3.63, 3.8) is 0 Å². The largest absolute Gasteiger partial charge is 0.307 e. The van der Waals surface area contributed by atoms with Crippen LogP contribution in [0.4, 0.5) is 0 Å². The van der Waals surface area contributed by atoms with E-state index in [1.807, 2.05) is 0 Å². The number of nitrogens with one attached hydrogen (secondary N) is 1. The molecule has 0 radical (unpaired) electrons. The van der Waals surface area contributed by atoms with Crippen molar-refractivity contribution in [3.8, 4) is 0 Å². The Balaban J connectivity index is 2.06. The Bertz CT molecular complexity index is 408. The minimum atomic E-state index is 0.533. The zero-order chi connectivity index (χ0) is 11.1. The average Bonchev–Trinajstić information content (AvgIpc) is 2.27. The summed E-state index contributed by atoms with van der Waals surface area (Å²) in [5, 5.41) is 3.64. The first-order chi connectivity index (χ1) is 7.74. The van der Waals surface area contributed by atoms with E-state index in [4.69, 9.17) is 0 Å². The Labute approximate surface area is 98.3 Å². The zero-order valence-electron chi connectivity index (χ0n) is 10.3. The molecular weight excluding hydrogens is 194 g/mol. The summed E-state index contributed by atoms with van der Waals surface area (Å²) < 4.78 is 0. The topological polar surface area (TPSA) is 12.0 Å². The molecule has 0 fully saturated rings. The van der Waals surface area contributed by atoms with Crippen molar-refractivity contribution in [3.05, 3.63) is 34.4 Å². The molecule has 86 valence electrons. The van der Waals surface area contributed by atoms with E-state index in [0.717, 1.165) is 0 Å². The van der Waals surface area contributed by atoms with Gasteiger partial charge in [-0.2, -0.15) is 0 Å². The number of rotatable bonds is 0. The number of aryl methyl sites for hydroxylation is 2. The van der Waals surface area contributed by atoms with Crippen LogP contribution in [-0.2, 0) is 19.3 Å². The molecule has 1 heterocycles. The van der Waals surface area contributed by atoms with Gasteiger partial charge in [-0.15, -0.1) is 0 Å². The number of hydrogen-bond donors (Lipinski definition) is 1. The van der Waals surface area contributed by atoms with Gasteiger partial charge in [-0.1, -0.05) is 12.1 Å². The second kappa shape index (κ2) is 3.89. The van der Waals surface area contributed by atoms with Gasteiger partial charge >= 0.3 is 0 Å². The molecule has 1 aliphatic heterocycles. The van der Waals surface area contributed by atoms with Crippen LogP contribution in [0.3, 0.4) is 0 Å². The van der Waals surface area contributed by atoms with Gasteiger partial charge < -0.3 is 5.32 Å². The van der Waals surface area contributed by atoms with Gasteiger partial charge in [0.2, 0.25) is 0 Å². The second-order valence-electron chi connectivity index (χ2n) is 5.52. The third-order valence-corrected chi connectivity index (χ3v) is 4.13. The molecule has 1 aromatic rings. The lowest BCUT2D eigenvalue weighted by Gasteiger charge is -2.31. The third kappa shape index (κ3) is 1.67. The minimum Gasteiger partial charge on any atom is -0.307 e. The van der Waals surface area contributed by atoms with Crippen molar-refractivity contribution in [2.24, 2.45) is 0 Å². The fraction of sp³-hybridized carbons (Fsp3) is 0.600. The van der Waals surface area contributed by atoms with Crippen LogP contribution in [0.2, 0.25) is 0 Å². The van der Waals surface area contributed by atoms with Crippen molar-refractivity contribution in [2.75, 3.05) is 0 Å². The van der Waals surface area contributed by atoms with Gasteiger partial charge in [-0.05, 0) is 68.2 Å². The van der Waals surface area contributed by atoms with Gasteiger partial charge in [0.15, 0.2) is 0 Å². The number of fused-ring (bicyclic) bond motifs is 2. The Morgan fingerprint density at radius 2 is 1.69 bits per heavy atom. The van der Waals surface area contributed by atoms with E-state index in [1.54, 1.807) is 22.3 Å². The Kier molecular flexibility index (Phi) is 2.51. The van der Waals surface area contributed by atoms with Crippen LogP contribution in [0, 0.1) is 0 Å². The van der Waals surface area contributed by atoms with E-state index in [0.29, 0.717) is 12.1 Å². The van der Waals surface area contributed by atoms with Crippen molar-refractivity contribution >= 4 is 0 Å². The lowest BCUT2D eigenvalue weighted by atomic mass is 9.83. The van der Waals surface area contributed by atoms with Crippen LogP contribution >= 0.6 is 0 Å². The molecule has 0 aromatic heterocycles. The summed E-state index contributed by atoms with van der Waals surface area (Å²) in [6.07, 6.45) is 6.57. The highest BCUT2D eigenvalue weighted by Gasteiger charge is 2.22. The summed E-state index contributed by atoms with van der Waals surface area (Å²) in [6.45, 7) is 4.59. The smallest absolute Gasteiger partial charge is 0.0297 e. The summed E-state index contributed by atoms with van der Waals surface area (Å²) in [7, 11) is 0. The van der Waals surface area contributed by atoms with E-state index in [1.165, 1.54) is 32.1 Å². The summed E-state index contributed by atoms with van der Waals surface area (Å²) in [5.74, 6) is 0. The molecule has 0 saturated carbocycles. The van der Waals surface area contributed by atoms with Crippen LogP contribution in [-0.4, -0.2) is 6.04 Å². The standard InChI is InChI=1S/C15H21N/c1-10-7-14-8-12-5-3-4-6-13(12)9-15(14)11(2)16-10/h8-11,16H,3-7H2,1-2H3. The van der Waals surface area contributed by atoms with Crippen LogP contribution in [0.1, 0.15) is 55.0 Å². The molecule has 1 aromatic carbocycles. The van der Waals surface area contributed by atoms with Crippen LogP contribution in [0.5, 0.6) is 0 Å². The minimum absolute atomic E-state index is 0.533. The molecule has 2 atom stereocenters. The lowest BCUT2D eigenvalue weighted by Crippen LogP contribution is -2.36. The first-order valence-electron chi connectivity index (χ1n) is 6.64. The third-order valence-electron chi connectivity index (χ3n) is 4.13. The fourth-order valence-corrected chi connectivity index (χ4v) is 3.34. The molecule has 2 unspecified atom stereocenters. The molecule has 1 heteroatoms. The SMILES string of the molecule is CC1Cc2cc3c(cc2C(C)N1)CCCC3. The number of benzene rings is 1. The summed E-state index contributed by atoms with van der Waals surface area (Å²) in [6, 6.07) is 6.14. The van der Waals surface area contributed by atoms with Crippen LogP contribution < -0.4 is 5.32 Å². The normalized spacial score (nSPS) is 28.4. The Hall–Kier alpha value is -0.820. The van der Waals surface area contributed by atoms with Crippen molar-refractivity contribution in [2.45, 2.75) is 58.0 Å². The molecule has 1 nitrogen and oxygen atoms in total. The Morgan fingerprint density at radius 1 is 1.00 bits per heavy atom. The summed E-state index contributed by atoms with van der Waals surface area (Å²) in [5.41, 5.74) is 6.40. The highest BCUT2D eigenvalue weighted by atomic mass is 14.9. The van der Waals surface area contributed by atoms with Gasteiger partial charge in [-0.3, -0.25) is 0 Å². The van der Waals surface area contributed by atoms with Crippen LogP contribution in [0.25, 0.3) is 0 Å². The first kappa shape index (κ1) is 10.3. The molecule has 0 amide bonds. The van der Waals surface area contributed by atoms with Gasteiger partial charge in [0.1, 0.15) is 0 Å². The Morgan fingerprint density at radius 3 is 2.44 bits per heavy atom. The van der Waals surface area contributed by atoms with E-state index in [-0.39, 0.29) is 0 Å². The van der Waals surface area contributed by atoms with E-state index >= 15 is 0 Å². The molecule has 1 aliphatic carbocycles. The molecule has 0 saturated heterocycles. The number of hydrogen-bond acceptors (Lipinski definition) is 1. The highest BCUT2D eigenvalue weighted by Crippen LogP contribution is 2.31. The maximum absolute atomic E-state index is 3.64. The first-order valence-corrected chi connectivity index (χ1v) is 6.64. The highest BCUT2D eigenvalue weighted by molar-refractivity contribution is 5.42. The average molecular weight is 215 g/mol. The van der Waals surface area contributed by atoms with Gasteiger partial charge in [-0.25, -0.2) is 0 Å². The monoisotopic (exact) mass is 215 g/mol. The predicted molar refractivity (Wildman–Crippen MR) is 67.8 cm³/mol. The van der Waals surface area contributed by atoms with Crippen molar-refractivity contribution in [1.82, 2.24) is 5.32 Å². The molecule has 3 rings (SSSR count). The zero-order valence-corrected chi connectivity index (χ0v) is 10.3. The molecule has 2 aliphatic rings. The summed E-state index contributed by atoms with van der Waals surface area (Å²) in [4.78, 5) is 0. The maximum Gasteiger partial charge on any atom is 0.0297 e. The molecular formula is C15H21N. The van der Waals surface area contributed by atoms with E-state index in [2.05, 4.69) is 31.3 Å². The van der Waals surface area contributed by atoms with Crippen molar-refractivity contribution < 1.29 is 0 Å². The van der Waals surface area contributed by atoms with Gasteiger partial charge in [0.25, 0.3) is 0 Å². The van der Waals surface area contributed by atoms with E-state index < -0.39 is 0 Å². The molecule has 16 heavy (non-hydrogen) atoms. The second-order valence-corrected chi connectivity index (χ2v) is 5.52. The molecule has 0 bridgehead atoms. The maximum atomic E-state index is 3.64. The summed E-state index contributed by atoms with van der Waals surface area (Å²) >= 11 is 0. The molecule has 1 N–H and O–H groups in total.